The normalized spacial score (nSPS) is 11.8. The largest absolute Gasteiger partial charge is 0.491 e. The quantitative estimate of drug-likeness (QED) is 0.732. The third-order valence-corrected chi connectivity index (χ3v) is 2.40. The average molecular weight is 270 g/mol. The van der Waals surface area contributed by atoms with Crippen LogP contribution in [-0.4, -0.2) is 30.4 Å². The summed E-state index contributed by atoms with van der Waals surface area (Å²) in [4.78, 5) is 11.4. The van der Waals surface area contributed by atoms with Gasteiger partial charge in [-0.05, 0) is 31.5 Å². The standard InChI is InChI=1S/C13H19FN2O3/c1-3-19-12-5-4-10(6-11(12)14)7-15-13(18)16-9(2)8-17/h4-6,9,17H,3,7-8H2,1-2H3,(H2,15,16,18). The summed E-state index contributed by atoms with van der Waals surface area (Å²) < 4.78 is 18.6. The molecule has 1 atom stereocenters. The first-order valence-electron chi connectivity index (χ1n) is 6.13. The second-order valence-electron chi connectivity index (χ2n) is 4.11. The summed E-state index contributed by atoms with van der Waals surface area (Å²) in [7, 11) is 0. The van der Waals surface area contributed by atoms with Gasteiger partial charge in [-0.1, -0.05) is 6.07 Å². The fourth-order valence-electron chi connectivity index (χ4n) is 1.43. The predicted octanol–water partition coefficient (Wildman–Crippen LogP) is 1.40. The molecule has 2 amide bonds. The van der Waals surface area contributed by atoms with E-state index in [9.17, 15) is 9.18 Å². The van der Waals surface area contributed by atoms with Crippen molar-refractivity contribution in [3.63, 3.8) is 0 Å². The Bertz CT molecular complexity index is 426. The number of benzene rings is 1. The molecular weight excluding hydrogens is 251 g/mol. The van der Waals surface area contributed by atoms with Gasteiger partial charge in [0.25, 0.3) is 0 Å². The van der Waals surface area contributed by atoms with Gasteiger partial charge in [0.2, 0.25) is 0 Å². The van der Waals surface area contributed by atoms with Crippen molar-refractivity contribution in [3.8, 4) is 5.75 Å². The van der Waals surface area contributed by atoms with Crippen LogP contribution in [-0.2, 0) is 6.54 Å². The maximum atomic E-state index is 13.5. The second kappa shape index (κ2) is 7.58. The Labute approximate surface area is 111 Å². The third-order valence-electron chi connectivity index (χ3n) is 2.40. The lowest BCUT2D eigenvalue weighted by Gasteiger charge is -2.12. The van der Waals surface area contributed by atoms with Crippen LogP contribution in [0.2, 0.25) is 0 Å². The lowest BCUT2D eigenvalue weighted by atomic mass is 10.2. The Morgan fingerprint density at radius 1 is 1.53 bits per heavy atom. The van der Waals surface area contributed by atoms with Gasteiger partial charge in [-0.25, -0.2) is 9.18 Å². The van der Waals surface area contributed by atoms with Crippen LogP contribution in [0.5, 0.6) is 5.75 Å². The van der Waals surface area contributed by atoms with Gasteiger partial charge >= 0.3 is 6.03 Å². The molecule has 1 rings (SSSR count). The third kappa shape index (κ3) is 5.13. The van der Waals surface area contributed by atoms with E-state index in [4.69, 9.17) is 9.84 Å². The highest BCUT2D eigenvalue weighted by molar-refractivity contribution is 5.74. The van der Waals surface area contributed by atoms with E-state index in [0.717, 1.165) is 0 Å². The topological polar surface area (TPSA) is 70.6 Å². The smallest absolute Gasteiger partial charge is 0.315 e. The number of hydrogen-bond acceptors (Lipinski definition) is 3. The highest BCUT2D eigenvalue weighted by Gasteiger charge is 2.07. The van der Waals surface area contributed by atoms with Crippen LogP contribution in [0.4, 0.5) is 9.18 Å². The molecule has 0 bridgehead atoms. The fourth-order valence-corrected chi connectivity index (χ4v) is 1.43. The zero-order valence-electron chi connectivity index (χ0n) is 11.1. The van der Waals surface area contributed by atoms with Gasteiger partial charge in [-0.3, -0.25) is 0 Å². The van der Waals surface area contributed by atoms with Crippen LogP contribution >= 0.6 is 0 Å². The zero-order valence-corrected chi connectivity index (χ0v) is 11.1. The minimum atomic E-state index is -0.453. The molecule has 0 saturated carbocycles. The van der Waals surface area contributed by atoms with Gasteiger partial charge in [-0.2, -0.15) is 0 Å². The highest BCUT2D eigenvalue weighted by atomic mass is 19.1. The number of carbonyl (C=O) groups is 1. The number of aliphatic hydroxyl groups is 1. The van der Waals surface area contributed by atoms with Gasteiger partial charge in [0.15, 0.2) is 11.6 Å². The van der Waals surface area contributed by atoms with Crippen molar-refractivity contribution in [2.75, 3.05) is 13.2 Å². The molecule has 0 heterocycles. The van der Waals surface area contributed by atoms with Crippen LogP contribution < -0.4 is 15.4 Å². The molecule has 3 N–H and O–H groups in total. The molecule has 0 fully saturated rings. The molecule has 1 aromatic rings. The zero-order chi connectivity index (χ0) is 14.3. The van der Waals surface area contributed by atoms with E-state index in [1.807, 2.05) is 0 Å². The number of amides is 2. The van der Waals surface area contributed by atoms with E-state index >= 15 is 0 Å². The molecule has 0 aromatic heterocycles. The summed E-state index contributed by atoms with van der Waals surface area (Å²) >= 11 is 0. The molecule has 0 radical (unpaired) electrons. The van der Waals surface area contributed by atoms with E-state index in [0.29, 0.717) is 12.2 Å². The van der Waals surface area contributed by atoms with Gasteiger partial charge in [-0.15, -0.1) is 0 Å². The number of ether oxygens (including phenoxy) is 1. The molecule has 0 aliphatic heterocycles. The van der Waals surface area contributed by atoms with Crippen LogP contribution in [0.15, 0.2) is 18.2 Å². The van der Waals surface area contributed by atoms with E-state index in [1.165, 1.54) is 12.1 Å². The first kappa shape index (κ1) is 15.2. The van der Waals surface area contributed by atoms with Gasteiger partial charge in [0, 0.05) is 6.54 Å². The Balaban J connectivity index is 2.49. The molecule has 0 saturated heterocycles. The number of halogens is 1. The number of aliphatic hydroxyl groups excluding tert-OH is 1. The maximum absolute atomic E-state index is 13.5. The molecule has 1 aromatic carbocycles. The number of hydrogen-bond donors (Lipinski definition) is 3. The van der Waals surface area contributed by atoms with Crippen molar-refractivity contribution in [2.24, 2.45) is 0 Å². The molecule has 106 valence electrons. The molecule has 1 unspecified atom stereocenters. The van der Waals surface area contributed by atoms with Crippen molar-refractivity contribution >= 4 is 6.03 Å². The molecule has 6 heteroatoms. The molecular formula is C13H19FN2O3. The lowest BCUT2D eigenvalue weighted by molar-refractivity contribution is 0.220. The van der Waals surface area contributed by atoms with E-state index in [2.05, 4.69) is 10.6 Å². The van der Waals surface area contributed by atoms with Crippen LogP contribution in [0.3, 0.4) is 0 Å². The average Bonchev–Trinajstić information content (AvgIpc) is 2.39. The Hall–Kier alpha value is -1.82. The lowest BCUT2D eigenvalue weighted by Crippen LogP contribution is -2.41. The van der Waals surface area contributed by atoms with Crippen molar-refractivity contribution < 1.29 is 19.0 Å². The van der Waals surface area contributed by atoms with Crippen molar-refractivity contribution in [1.29, 1.82) is 0 Å². The molecule has 0 aliphatic carbocycles. The maximum Gasteiger partial charge on any atom is 0.315 e. The van der Waals surface area contributed by atoms with E-state index in [-0.39, 0.29) is 24.9 Å². The summed E-state index contributed by atoms with van der Waals surface area (Å²) in [5.74, 6) is -0.255. The summed E-state index contributed by atoms with van der Waals surface area (Å²) in [6.45, 7) is 3.92. The minimum absolute atomic E-state index is 0.134. The number of rotatable bonds is 6. The number of nitrogens with one attached hydrogen (secondary N) is 2. The summed E-state index contributed by atoms with van der Waals surface area (Å²) in [6.07, 6.45) is 0. The van der Waals surface area contributed by atoms with Gasteiger partial charge < -0.3 is 20.5 Å². The first-order valence-corrected chi connectivity index (χ1v) is 6.13. The van der Waals surface area contributed by atoms with E-state index in [1.54, 1.807) is 19.9 Å². The fraction of sp³-hybridized carbons (Fsp3) is 0.462. The molecule has 0 spiro atoms. The monoisotopic (exact) mass is 270 g/mol. The second-order valence-corrected chi connectivity index (χ2v) is 4.11. The number of carbonyl (C=O) groups excluding carboxylic acids is 1. The van der Waals surface area contributed by atoms with E-state index < -0.39 is 11.8 Å². The van der Waals surface area contributed by atoms with Crippen LogP contribution in [0, 0.1) is 5.82 Å². The predicted molar refractivity (Wildman–Crippen MR) is 69.5 cm³/mol. The Morgan fingerprint density at radius 2 is 2.26 bits per heavy atom. The van der Waals surface area contributed by atoms with Crippen molar-refractivity contribution in [1.82, 2.24) is 10.6 Å². The first-order chi connectivity index (χ1) is 9.06. The van der Waals surface area contributed by atoms with Gasteiger partial charge in [0.1, 0.15) is 0 Å². The van der Waals surface area contributed by atoms with Crippen LogP contribution in [0.1, 0.15) is 19.4 Å². The summed E-state index contributed by atoms with van der Waals surface area (Å²) in [5, 5.41) is 13.9. The highest BCUT2D eigenvalue weighted by Crippen LogP contribution is 2.18. The Morgan fingerprint density at radius 3 is 2.84 bits per heavy atom. The Kier molecular flexibility index (Phi) is 6.08. The van der Waals surface area contributed by atoms with Crippen molar-refractivity contribution in [3.05, 3.63) is 29.6 Å². The summed E-state index contributed by atoms with van der Waals surface area (Å²) in [6, 6.07) is 3.81. The van der Waals surface area contributed by atoms with Crippen molar-refractivity contribution in [2.45, 2.75) is 26.4 Å². The minimum Gasteiger partial charge on any atom is -0.491 e. The molecule has 0 aliphatic rings. The number of urea groups is 1. The SMILES string of the molecule is CCOc1ccc(CNC(=O)NC(C)CO)cc1F. The summed E-state index contributed by atoms with van der Waals surface area (Å²) in [5.41, 5.74) is 0.632. The molecule has 5 nitrogen and oxygen atoms in total. The molecule has 19 heavy (non-hydrogen) atoms. The van der Waals surface area contributed by atoms with Crippen LogP contribution in [0.25, 0.3) is 0 Å². The van der Waals surface area contributed by atoms with Gasteiger partial charge in [0.05, 0.1) is 19.3 Å².